The van der Waals surface area contributed by atoms with Gasteiger partial charge in [-0.1, -0.05) is 47.9 Å². The second kappa shape index (κ2) is 8.06. The van der Waals surface area contributed by atoms with Gasteiger partial charge in [0, 0.05) is 6.20 Å². The third-order valence-electron chi connectivity index (χ3n) is 2.79. The van der Waals surface area contributed by atoms with E-state index in [1.807, 2.05) is 37.3 Å². The molecule has 0 spiro atoms. The van der Waals surface area contributed by atoms with Crippen molar-refractivity contribution in [1.29, 1.82) is 0 Å². The van der Waals surface area contributed by atoms with Crippen LogP contribution in [-0.2, 0) is 11.3 Å². The molecule has 1 aromatic heterocycles. The standard InChI is InChI=1S/C17H15ClN2O2/c1-13-10-15(18)11-20-16(13)8-5-9-19-17(21)22-12-14-6-3-2-4-7-14/h2-4,6-7,10-11H,9,12H2,1H3,(H,19,21). The summed E-state index contributed by atoms with van der Waals surface area (Å²) in [7, 11) is 0. The number of ether oxygens (including phenoxy) is 1. The van der Waals surface area contributed by atoms with Gasteiger partial charge >= 0.3 is 6.09 Å². The Labute approximate surface area is 134 Å². The van der Waals surface area contributed by atoms with Crippen LogP contribution in [0.1, 0.15) is 16.8 Å². The van der Waals surface area contributed by atoms with Gasteiger partial charge in [0.2, 0.25) is 0 Å². The minimum absolute atomic E-state index is 0.192. The normalized spacial score (nSPS) is 9.55. The number of hydrogen-bond donors (Lipinski definition) is 1. The second-order valence-corrected chi connectivity index (χ2v) is 4.97. The van der Waals surface area contributed by atoms with Crippen LogP contribution in [0.15, 0.2) is 42.6 Å². The average molecular weight is 315 g/mol. The van der Waals surface area contributed by atoms with Crippen molar-refractivity contribution in [2.75, 3.05) is 6.54 Å². The molecule has 0 aliphatic rings. The lowest BCUT2D eigenvalue weighted by molar-refractivity contribution is 0.141. The Balaban J connectivity index is 1.76. The van der Waals surface area contributed by atoms with E-state index in [1.54, 1.807) is 12.3 Å². The molecule has 0 radical (unpaired) electrons. The zero-order chi connectivity index (χ0) is 15.8. The molecule has 1 aromatic carbocycles. The first-order valence-corrected chi connectivity index (χ1v) is 7.08. The molecule has 22 heavy (non-hydrogen) atoms. The first-order chi connectivity index (χ1) is 10.6. The molecule has 5 heteroatoms. The number of carbonyl (C=O) groups excluding carboxylic acids is 1. The summed E-state index contributed by atoms with van der Waals surface area (Å²) in [5.41, 5.74) is 2.47. The zero-order valence-electron chi connectivity index (χ0n) is 12.1. The summed E-state index contributed by atoms with van der Waals surface area (Å²) in [5, 5.41) is 3.14. The van der Waals surface area contributed by atoms with E-state index in [4.69, 9.17) is 16.3 Å². The molecule has 2 aromatic rings. The molecule has 2 rings (SSSR count). The first kappa shape index (κ1) is 15.9. The summed E-state index contributed by atoms with van der Waals surface area (Å²) in [4.78, 5) is 15.6. The monoisotopic (exact) mass is 314 g/mol. The maximum absolute atomic E-state index is 11.5. The molecule has 0 unspecified atom stereocenters. The number of nitrogens with one attached hydrogen (secondary N) is 1. The maximum Gasteiger partial charge on any atom is 0.408 e. The Morgan fingerprint density at radius 3 is 2.86 bits per heavy atom. The van der Waals surface area contributed by atoms with Crippen LogP contribution < -0.4 is 5.32 Å². The summed E-state index contributed by atoms with van der Waals surface area (Å²) < 4.78 is 5.07. The molecule has 0 aliphatic carbocycles. The molecule has 0 fully saturated rings. The van der Waals surface area contributed by atoms with Gasteiger partial charge in [-0.25, -0.2) is 9.78 Å². The third kappa shape index (κ3) is 5.12. The number of aryl methyl sites for hydroxylation is 1. The Bertz CT molecular complexity index is 706. The zero-order valence-corrected chi connectivity index (χ0v) is 12.9. The fourth-order valence-electron chi connectivity index (χ4n) is 1.69. The molecule has 0 saturated carbocycles. The van der Waals surface area contributed by atoms with Crippen molar-refractivity contribution in [1.82, 2.24) is 10.3 Å². The van der Waals surface area contributed by atoms with Gasteiger partial charge in [0.05, 0.1) is 11.6 Å². The number of alkyl carbamates (subject to hydrolysis) is 1. The molecule has 4 nitrogen and oxygen atoms in total. The SMILES string of the molecule is Cc1cc(Cl)cnc1C#CCNC(=O)OCc1ccccc1. The van der Waals surface area contributed by atoms with E-state index in [0.717, 1.165) is 11.1 Å². The number of amides is 1. The van der Waals surface area contributed by atoms with Gasteiger partial charge < -0.3 is 10.1 Å². The van der Waals surface area contributed by atoms with Crippen LogP contribution in [0.25, 0.3) is 0 Å². The average Bonchev–Trinajstić information content (AvgIpc) is 2.52. The Morgan fingerprint density at radius 1 is 1.36 bits per heavy atom. The highest BCUT2D eigenvalue weighted by atomic mass is 35.5. The van der Waals surface area contributed by atoms with Crippen molar-refractivity contribution in [3.63, 3.8) is 0 Å². The van der Waals surface area contributed by atoms with Gasteiger partial charge in [-0.05, 0) is 30.0 Å². The number of halogens is 1. The first-order valence-electron chi connectivity index (χ1n) is 6.71. The summed E-state index contributed by atoms with van der Waals surface area (Å²) in [6.07, 6.45) is 1.04. The second-order valence-electron chi connectivity index (χ2n) is 4.54. The van der Waals surface area contributed by atoms with Crippen LogP contribution in [-0.4, -0.2) is 17.6 Å². The minimum Gasteiger partial charge on any atom is -0.445 e. The smallest absolute Gasteiger partial charge is 0.408 e. The lowest BCUT2D eigenvalue weighted by Gasteiger charge is -2.04. The lowest BCUT2D eigenvalue weighted by Crippen LogP contribution is -2.24. The number of pyridine rings is 1. The van der Waals surface area contributed by atoms with Crippen LogP contribution in [0.2, 0.25) is 5.02 Å². The lowest BCUT2D eigenvalue weighted by atomic mass is 10.2. The maximum atomic E-state index is 11.5. The van der Waals surface area contributed by atoms with Crippen molar-refractivity contribution in [3.8, 4) is 11.8 Å². The van der Waals surface area contributed by atoms with Crippen molar-refractivity contribution in [2.45, 2.75) is 13.5 Å². The Morgan fingerprint density at radius 2 is 2.14 bits per heavy atom. The molecule has 0 bridgehead atoms. The molecule has 1 heterocycles. The fourth-order valence-corrected chi connectivity index (χ4v) is 1.90. The topological polar surface area (TPSA) is 51.2 Å². The van der Waals surface area contributed by atoms with Gasteiger partial charge in [-0.3, -0.25) is 0 Å². The number of rotatable bonds is 3. The van der Waals surface area contributed by atoms with E-state index in [1.165, 1.54) is 0 Å². The highest BCUT2D eigenvalue weighted by molar-refractivity contribution is 6.30. The molecule has 0 aliphatic heterocycles. The fraction of sp³-hybridized carbons (Fsp3) is 0.176. The predicted octanol–water partition coefficient (Wildman–Crippen LogP) is 3.32. The van der Waals surface area contributed by atoms with Gasteiger partial charge in [-0.2, -0.15) is 0 Å². The Kier molecular flexibility index (Phi) is 5.81. The van der Waals surface area contributed by atoms with Crippen LogP contribution in [0.3, 0.4) is 0 Å². The number of aromatic nitrogens is 1. The molecule has 1 N–H and O–H groups in total. The highest BCUT2D eigenvalue weighted by Crippen LogP contribution is 2.10. The highest BCUT2D eigenvalue weighted by Gasteiger charge is 2.00. The summed E-state index contributed by atoms with van der Waals surface area (Å²) in [5.74, 6) is 5.70. The van der Waals surface area contributed by atoms with E-state index in [9.17, 15) is 4.79 Å². The molecule has 0 saturated heterocycles. The van der Waals surface area contributed by atoms with Crippen LogP contribution in [0.5, 0.6) is 0 Å². The van der Waals surface area contributed by atoms with Crippen LogP contribution in [0, 0.1) is 18.8 Å². The molecule has 112 valence electrons. The predicted molar refractivity (Wildman–Crippen MR) is 85.5 cm³/mol. The molecule has 1 amide bonds. The quantitative estimate of drug-likeness (QED) is 0.884. The summed E-state index contributed by atoms with van der Waals surface area (Å²) in [6.45, 7) is 2.31. The number of carbonyl (C=O) groups is 1. The van der Waals surface area contributed by atoms with E-state index in [-0.39, 0.29) is 13.2 Å². The number of hydrogen-bond acceptors (Lipinski definition) is 3. The van der Waals surface area contributed by atoms with E-state index >= 15 is 0 Å². The summed E-state index contributed by atoms with van der Waals surface area (Å²) in [6, 6.07) is 11.3. The van der Waals surface area contributed by atoms with Crippen molar-refractivity contribution >= 4 is 17.7 Å². The third-order valence-corrected chi connectivity index (χ3v) is 2.99. The molecule has 0 atom stereocenters. The largest absolute Gasteiger partial charge is 0.445 e. The van der Waals surface area contributed by atoms with Gasteiger partial charge in [0.1, 0.15) is 12.3 Å². The van der Waals surface area contributed by atoms with E-state index < -0.39 is 6.09 Å². The molecular weight excluding hydrogens is 300 g/mol. The van der Waals surface area contributed by atoms with Crippen molar-refractivity contribution in [3.05, 3.63) is 64.4 Å². The summed E-state index contributed by atoms with van der Waals surface area (Å²) >= 11 is 5.82. The van der Waals surface area contributed by atoms with Gasteiger partial charge in [0.15, 0.2) is 0 Å². The minimum atomic E-state index is -0.501. The van der Waals surface area contributed by atoms with Crippen LogP contribution in [0.4, 0.5) is 4.79 Å². The van der Waals surface area contributed by atoms with E-state index in [2.05, 4.69) is 22.1 Å². The van der Waals surface area contributed by atoms with Crippen molar-refractivity contribution < 1.29 is 9.53 Å². The van der Waals surface area contributed by atoms with Crippen molar-refractivity contribution in [2.24, 2.45) is 0 Å². The van der Waals surface area contributed by atoms with Crippen LogP contribution >= 0.6 is 11.6 Å². The van der Waals surface area contributed by atoms with Gasteiger partial charge in [0.25, 0.3) is 0 Å². The van der Waals surface area contributed by atoms with E-state index in [0.29, 0.717) is 10.7 Å². The number of benzene rings is 1. The molecular formula is C17H15ClN2O2. The Hall–Kier alpha value is -2.51. The van der Waals surface area contributed by atoms with Gasteiger partial charge in [-0.15, -0.1) is 0 Å². The number of nitrogens with zero attached hydrogens (tertiary/aromatic N) is 1.